The lowest BCUT2D eigenvalue weighted by Gasteiger charge is -2.33. The van der Waals surface area contributed by atoms with E-state index in [-0.39, 0.29) is 0 Å². The first kappa shape index (κ1) is 23.0. The Hall–Kier alpha value is -3.05. The van der Waals surface area contributed by atoms with Gasteiger partial charge < -0.3 is 20.7 Å². The van der Waals surface area contributed by atoms with Crippen LogP contribution in [0.4, 0.5) is 18.0 Å². The maximum absolute atomic E-state index is 13.1. The predicted octanol–water partition coefficient (Wildman–Crippen LogP) is 0.974. The number of ether oxygens (including phenoxy) is 1. The number of halogens is 3. The number of amides is 3. The van der Waals surface area contributed by atoms with Crippen LogP contribution in [-0.2, 0) is 22.8 Å². The van der Waals surface area contributed by atoms with E-state index in [9.17, 15) is 27.6 Å². The standard InChI is InChI=1S/C16H22F3N5O4/c1-6-7-15(2,28-14(27)21-4)11(13(26)20-3)22-12(25)9-8-24(5)23-10(9)16(17,18)19/h6-8,11H,1-5H3,(H,20,26)(H,21,27)(H,22,25)/b7-6+. The summed E-state index contributed by atoms with van der Waals surface area (Å²) in [5, 5.41) is 9.95. The van der Waals surface area contributed by atoms with Crippen molar-refractivity contribution < 1.29 is 32.3 Å². The Morgan fingerprint density at radius 1 is 1.25 bits per heavy atom. The number of likely N-dealkylation sites (N-methyl/N-ethyl adjacent to an activating group) is 1. The van der Waals surface area contributed by atoms with Gasteiger partial charge in [-0.1, -0.05) is 6.08 Å². The fraction of sp³-hybridized carbons (Fsp3) is 0.500. The van der Waals surface area contributed by atoms with Crippen molar-refractivity contribution in [1.29, 1.82) is 0 Å². The number of nitrogens with one attached hydrogen (secondary N) is 3. The second-order valence-electron chi connectivity index (χ2n) is 5.91. The number of alkyl halides is 3. The van der Waals surface area contributed by atoms with Crippen LogP contribution in [0, 0.1) is 0 Å². The number of hydrogen-bond acceptors (Lipinski definition) is 5. The molecule has 0 fully saturated rings. The number of aryl methyl sites for hydroxylation is 1. The van der Waals surface area contributed by atoms with Crippen LogP contribution in [-0.4, -0.2) is 53.4 Å². The molecular formula is C16H22F3N5O4. The third kappa shape index (κ3) is 5.24. The van der Waals surface area contributed by atoms with Crippen molar-refractivity contribution in [3.63, 3.8) is 0 Å². The summed E-state index contributed by atoms with van der Waals surface area (Å²) < 4.78 is 45.4. The molecule has 1 heterocycles. The molecule has 12 heteroatoms. The number of rotatable bonds is 6. The van der Waals surface area contributed by atoms with Crippen LogP contribution in [0.25, 0.3) is 0 Å². The number of nitrogens with zero attached hydrogens (tertiary/aromatic N) is 2. The van der Waals surface area contributed by atoms with Gasteiger partial charge in [0.15, 0.2) is 17.3 Å². The summed E-state index contributed by atoms with van der Waals surface area (Å²) in [5.41, 5.74) is -3.86. The van der Waals surface area contributed by atoms with Crippen LogP contribution in [0.3, 0.4) is 0 Å². The zero-order valence-corrected chi connectivity index (χ0v) is 16.0. The Balaban J connectivity index is 3.35. The fourth-order valence-corrected chi connectivity index (χ4v) is 2.46. The van der Waals surface area contributed by atoms with Crippen molar-refractivity contribution >= 4 is 17.9 Å². The SMILES string of the molecule is C/C=C/C(C)(OC(=O)NC)C(NC(=O)c1cn(C)nc1C(F)(F)F)C(=O)NC. The monoisotopic (exact) mass is 405 g/mol. The van der Waals surface area contributed by atoms with E-state index in [1.165, 1.54) is 40.2 Å². The smallest absolute Gasteiger partial charge is 0.435 e. The van der Waals surface area contributed by atoms with Crippen LogP contribution in [0.15, 0.2) is 18.3 Å². The van der Waals surface area contributed by atoms with Crippen molar-refractivity contribution in [3.8, 4) is 0 Å². The molecule has 0 bridgehead atoms. The molecule has 0 saturated heterocycles. The first-order valence-corrected chi connectivity index (χ1v) is 8.07. The van der Waals surface area contributed by atoms with E-state index < -0.39 is 47.0 Å². The van der Waals surface area contributed by atoms with Gasteiger partial charge in [-0.05, 0) is 19.9 Å². The molecule has 1 rings (SSSR count). The van der Waals surface area contributed by atoms with Crippen molar-refractivity contribution in [3.05, 3.63) is 29.6 Å². The van der Waals surface area contributed by atoms with E-state index in [0.29, 0.717) is 0 Å². The lowest BCUT2D eigenvalue weighted by molar-refractivity contribution is -0.141. The number of carbonyl (C=O) groups is 3. The van der Waals surface area contributed by atoms with Crippen molar-refractivity contribution in [2.75, 3.05) is 14.1 Å². The normalized spacial score (nSPS) is 14.9. The molecule has 0 spiro atoms. The molecule has 0 aliphatic carbocycles. The largest absolute Gasteiger partial charge is 0.436 e. The average Bonchev–Trinajstić information content (AvgIpc) is 3.01. The van der Waals surface area contributed by atoms with Gasteiger partial charge in [0.1, 0.15) is 0 Å². The highest BCUT2D eigenvalue weighted by Gasteiger charge is 2.44. The van der Waals surface area contributed by atoms with Gasteiger partial charge in [-0.3, -0.25) is 14.3 Å². The zero-order valence-electron chi connectivity index (χ0n) is 16.0. The van der Waals surface area contributed by atoms with E-state index in [1.54, 1.807) is 6.92 Å². The van der Waals surface area contributed by atoms with Crippen molar-refractivity contribution in [2.45, 2.75) is 31.7 Å². The molecule has 2 atom stereocenters. The highest BCUT2D eigenvalue weighted by molar-refractivity contribution is 5.99. The van der Waals surface area contributed by atoms with E-state index in [2.05, 4.69) is 21.0 Å². The second kappa shape index (κ2) is 8.76. The summed E-state index contributed by atoms with van der Waals surface area (Å²) in [6.45, 7) is 2.91. The Kier molecular flexibility index (Phi) is 7.19. The molecule has 1 aromatic heterocycles. The first-order chi connectivity index (χ1) is 12.9. The van der Waals surface area contributed by atoms with Gasteiger partial charge in [-0.25, -0.2) is 4.79 Å². The maximum Gasteiger partial charge on any atom is 0.435 e. The number of aromatic nitrogens is 2. The molecule has 0 aliphatic heterocycles. The quantitative estimate of drug-likeness (QED) is 0.611. The van der Waals surface area contributed by atoms with Crippen LogP contribution in [0.1, 0.15) is 29.9 Å². The van der Waals surface area contributed by atoms with E-state index in [0.717, 1.165) is 10.9 Å². The van der Waals surface area contributed by atoms with Gasteiger partial charge >= 0.3 is 12.3 Å². The molecular weight excluding hydrogens is 383 g/mol. The second-order valence-corrected chi connectivity index (χ2v) is 5.91. The van der Waals surface area contributed by atoms with Gasteiger partial charge in [0.2, 0.25) is 5.91 Å². The molecule has 0 radical (unpaired) electrons. The number of carbonyl (C=O) groups excluding carboxylic acids is 3. The summed E-state index contributed by atoms with van der Waals surface area (Å²) >= 11 is 0. The molecule has 0 aromatic carbocycles. The topological polar surface area (TPSA) is 114 Å². The highest BCUT2D eigenvalue weighted by atomic mass is 19.4. The van der Waals surface area contributed by atoms with E-state index >= 15 is 0 Å². The van der Waals surface area contributed by atoms with E-state index in [1.807, 2.05) is 0 Å². The molecule has 28 heavy (non-hydrogen) atoms. The predicted molar refractivity (Wildman–Crippen MR) is 92.3 cm³/mol. The lowest BCUT2D eigenvalue weighted by atomic mass is 9.94. The molecule has 9 nitrogen and oxygen atoms in total. The number of hydrogen-bond donors (Lipinski definition) is 3. The average molecular weight is 405 g/mol. The Morgan fingerprint density at radius 2 is 1.86 bits per heavy atom. The van der Waals surface area contributed by atoms with Gasteiger partial charge in [0, 0.05) is 27.3 Å². The van der Waals surface area contributed by atoms with Crippen LogP contribution >= 0.6 is 0 Å². The number of alkyl carbamates (subject to hydrolysis) is 1. The maximum atomic E-state index is 13.1. The Morgan fingerprint density at radius 3 is 2.32 bits per heavy atom. The molecule has 3 amide bonds. The van der Waals surface area contributed by atoms with Gasteiger partial charge in [0.25, 0.3) is 5.91 Å². The fourth-order valence-electron chi connectivity index (χ4n) is 2.46. The van der Waals surface area contributed by atoms with Gasteiger partial charge in [-0.15, -0.1) is 0 Å². The summed E-state index contributed by atoms with van der Waals surface area (Å²) in [6.07, 6.45) is -2.10. The number of allylic oxidation sites excluding steroid dienone is 1. The minimum atomic E-state index is -4.87. The van der Waals surface area contributed by atoms with Crippen molar-refractivity contribution in [1.82, 2.24) is 25.7 Å². The molecule has 3 N–H and O–H groups in total. The van der Waals surface area contributed by atoms with Gasteiger partial charge in [0.05, 0.1) is 5.56 Å². The highest BCUT2D eigenvalue weighted by Crippen LogP contribution is 2.31. The van der Waals surface area contributed by atoms with E-state index in [4.69, 9.17) is 4.74 Å². The summed E-state index contributed by atoms with van der Waals surface area (Å²) in [6, 6.07) is -1.53. The van der Waals surface area contributed by atoms with Gasteiger partial charge in [-0.2, -0.15) is 18.3 Å². The Labute approximate surface area is 159 Å². The van der Waals surface area contributed by atoms with Crippen LogP contribution < -0.4 is 16.0 Å². The molecule has 2 unspecified atom stereocenters. The van der Waals surface area contributed by atoms with Crippen molar-refractivity contribution in [2.24, 2.45) is 7.05 Å². The first-order valence-electron chi connectivity index (χ1n) is 8.07. The zero-order chi connectivity index (χ0) is 21.7. The molecule has 1 aromatic rings. The third-order valence-corrected chi connectivity index (χ3v) is 3.71. The Bertz CT molecular complexity index is 775. The molecule has 0 aliphatic rings. The van der Waals surface area contributed by atoms with Crippen LogP contribution in [0.5, 0.6) is 0 Å². The lowest BCUT2D eigenvalue weighted by Crippen LogP contribution is -2.60. The van der Waals surface area contributed by atoms with Crippen LogP contribution in [0.2, 0.25) is 0 Å². The summed E-state index contributed by atoms with van der Waals surface area (Å²) in [7, 11) is 3.78. The molecule has 0 saturated carbocycles. The summed E-state index contributed by atoms with van der Waals surface area (Å²) in [5.74, 6) is -1.99. The summed E-state index contributed by atoms with van der Waals surface area (Å²) in [4.78, 5) is 36.6. The minimum absolute atomic E-state index is 0.772. The molecule has 156 valence electrons. The third-order valence-electron chi connectivity index (χ3n) is 3.71. The minimum Gasteiger partial charge on any atom is -0.436 e.